The highest BCUT2D eigenvalue weighted by atomic mass is 32.2. The number of thioether (sulfide) groups is 1. The second-order valence-corrected chi connectivity index (χ2v) is 10.5. The molecule has 0 unspecified atom stereocenters. The zero-order valence-electron chi connectivity index (χ0n) is 18.6. The highest BCUT2D eigenvalue weighted by Crippen LogP contribution is 2.37. The highest BCUT2D eigenvalue weighted by molar-refractivity contribution is 7.99. The first-order chi connectivity index (χ1) is 15.6. The van der Waals surface area contributed by atoms with Crippen molar-refractivity contribution in [2.75, 3.05) is 18.9 Å². The third kappa shape index (κ3) is 5.20. The molecule has 0 atom stereocenters. The topological polar surface area (TPSA) is 90.3 Å². The summed E-state index contributed by atoms with van der Waals surface area (Å²) in [5.41, 5.74) is 1.30. The van der Waals surface area contributed by atoms with Gasteiger partial charge in [-0.05, 0) is 57.4 Å². The van der Waals surface area contributed by atoms with E-state index in [-0.39, 0.29) is 29.2 Å². The van der Waals surface area contributed by atoms with E-state index in [2.05, 4.69) is 5.32 Å². The number of nitrogens with zero attached hydrogens (tertiary/aromatic N) is 2. The molecule has 1 N–H and O–H groups in total. The van der Waals surface area contributed by atoms with Gasteiger partial charge in [0.2, 0.25) is 5.91 Å². The van der Waals surface area contributed by atoms with Crippen molar-refractivity contribution in [1.29, 1.82) is 0 Å². The Hall–Kier alpha value is -1.87. The van der Waals surface area contributed by atoms with Crippen LogP contribution in [-0.4, -0.2) is 40.3 Å². The van der Waals surface area contributed by atoms with Crippen molar-refractivity contribution >= 4 is 45.2 Å². The number of carbonyl (C=O) groups is 2. The second kappa shape index (κ2) is 10.8. The zero-order valence-corrected chi connectivity index (χ0v) is 20.2. The summed E-state index contributed by atoms with van der Waals surface area (Å²) in [5.74, 6) is -0.153. The number of amides is 1. The Morgan fingerprint density at radius 1 is 1.22 bits per heavy atom. The van der Waals surface area contributed by atoms with Gasteiger partial charge in [-0.15, -0.1) is 11.3 Å². The number of ether oxygens (including phenoxy) is 1. The average molecular weight is 478 g/mol. The summed E-state index contributed by atoms with van der Waals surface area (Å²) in [4.78, 5) is 44.4. The van der Waals surface area contributed by atoms with Crippen LogP contribution >= 0.6 is 23.1 Å². The number of hydrogen-bond donors (Lipinski definition) is 1. The standard InChI is InChI=1S/C23H31N3O4S2/c1-2-30-19(28)12-7-13-24-18(27)14-31-23-25-21-20(16-10-5-6-11-17(16)32-21)22(29)26(23)15-8-3-4-9-15/h15H,2-14H2,1H3,(H,24,27). The lowest BCUT2D eigenvalue weighted by Crippen LogP contribution is -2.29. The monoisotopic (exact) mass is 477 g/mol. The molecular weight excluding hydrogens is 446 g/mol. The van der Waals surface area contributed by atoms with Crippen molar-refractivity contribution in [2.24, 2.45) is 0 Å². The lowest BCUT2D eigenvalue weighted by molar-refractivity contribution is -0.143. The molecule has 1 fully saturated rings. The maximum atomic E-state index is 13.6. The van der Waals surface area contributed by atoms with Crippen LogP contribution in [0.25, 0.3) is 10.2 Å². The minimum absolute atomic E-state index is 0.0821. The van der Waals surface area contributed by atoms with Crippen LogP contribution in [0.2, 0.25) is 0 Å². The number of rotatable bonds is 9. The smallest absolute Gasteiger partial charge is 0.305 e. The fourth-order valence-electron chi connectivity index (χ4n) is 4.66. The molecule has 0 bridgehead atoms. The summed E-state index contributed by atoms with van der Waals surface area (Å²) in [5, 5.41) is 4.34. The van der Waals surface area contributed by atoms with Crippen LogP contribution in [0, 0.1) is 0 Å². The summed E-state index contributed by atoms with van der Waals surface area (Å²) in [6.07, 6.45) is 9.40. The molecule has 0 saturated heterocycles. The SMILES string of the molecule is CCOC(=O)CCCNC(=O)CSc1nc2sc3c(c2c(=O)n1C1CCCC1)CCCC3. The van der Waals surface area contributed by atoms with E-state index < -0.39 is 0 Å². The molecule has 0 aromatic carbocycles. The van der Waals surface area contributed by atoms with Crippen LogP contribution in [0.15, 0.2) is 9.95 Å². The van der Waals surface area contributed by atoms with Crippen molar-refractivity contribution in [3.63, 3.8) is 0 Å². The van der Waals surface area contributed by atoms with Crippen LogP contribution in [0.3, 0.4) is 0 Å². The number of esters is 1. The Bertz CT molecular complexity index is 1040. The van der Waals surface area contributed by atoms with Gasteiger partial charge in [0.25, 0.3) is 5.56 Å². The van der Waals surface area contributed by atoms with Gasteiger partial charge < -0.3 is 10.1 Å². The number of hydrogen-bond acceptors (Lipinski definition) is 7. The molecule has 0 spiro atoms. The highest BCUT2D eigenvalue weighted by Gasteiger charge is 2.27. The molecule has 1 amide bonds. The predicted octanol–water partition coefficient (Wildman–Crippen LogP) is 4.00. The van der Waals surface area contributed by atoms with Crippen LogP contribution < -0.4 is 10.9 Å². The molecule has 0 aliphatic heterocycles. The summed E-state index contributed by atoms with van der Waals surface area (Å²) in [7, 11) is 0. The Labute approximate surface area is 196 Å². The van der Waals surface area contributed by atoms with E-state index in [0.717, 1.165) is 55.2 Å². The Kier molecular flexibility index (Phi) is 7.88. The molecule has 7 nitrogen and oxygen atoms in total. The molecule has 1 saturated carbocycles. The third-order valence-corrected chi connectivity index (χ3v) is 8.33. The van der Waals surface area contributed by atoms with Gasteiger partial charge in [0.05, 0.1) is 17.7 Å². The van der Waals surface area contributed by atoms with Gasteiger partial charge >= 0.3 is 5.97 Å². The molecule has 32 heavy (non-hydrogen) atoms. The quantitative estimate of drug-likeness (QED) is 0.254. The van der Waals surface area contributed by atoms with E-state index in [1.165, 1.54) is 28.6 Å². The van der Waals surface area contributed by atoms with Crippen LogP contribution in [0.4, 0.5) is 0 Å². The second-order valence-electron chi connectivity index (χ2n) is 8.45. The minimum Gasteiger partial charge on any atom is -0.466 e. The Morgan fingerprint density at radius 3 is 2.78 bits per heavy atom. The number of carbonyl (C=O) groups excluding carboxylic acids is 2. The number of thiophene rings is 1. The van der Waals surface area contributed by atoms with Gasteiger partial charge in [-0.2, -0.15) is 0 Å². The fraction of sp³-hybridized carbons (Fsp3) is 0.652. The van der Waals surface area contributed by atoms with Crippen LogP contribution in [-0.2, 0) is 27.2 Å². The van der Waals surface area contributed by atoms with Gasteiger partial charge in [0.1, 0.15) is 4.83 Å². The molecule has 2 aromatic heterocycles. The fourth-order valence-corrected chi connectivity index (χ4v) is 6.86. The molecule has 9 heteroatoms. The summed E-state index contributed by atoms with van der Waals surface area (Å²) >= 11 is 3.00. The molecule has 2 aliphatic carbocycles. The van der Waals surface area contributed by atoms with Gasteiger partial charge in [-0.25, -0.2) is 4.98 Å². The van der Waals surface area contributed by atoms with E-state index >= 15 is 0 Å². The van der Waals surface area contributed by atoms with E-state index in [4.69, 9.17) is 9.72 Å². The first-order valence-electron chi connectivity index (χ1n) is 11.7. The van der Waals surface area contributed by atoms with Crippen molar-refractivity contribution in [1.82, 2.24) is 14.9 Å². The Balaban J connectivity index is 1.48. The first-order valence-corrected chi connectivity index (χ1v) is 13.5. The summed E-state index contributed by atoms with van der Waals surface area (Å²) in [6, 6.07) is 0.175. The zero-order chi connectivity index (χ0) is 22.5. The number of nitrogens with one attached hydrogen (secondary N) is 1. The van der Waals surface area contributed by atoms with E-state index in [0.29, 0.717) is 31.1 Å². The first kappa shape index (κ1) is 23.3. The molecule has 0 radical (unpaired) electrons. The normalized spacial score (nSPS) is 16.3. The lowest BCUT2D eigenvalue weighted by atomic mass is 9.97. The maximum absolute atomic E-state index is 13.6. The van der Waals surface area contributed by atoms with E-state index in [9.17, 15) is 14.4 Å². The largest absolute Gasteiger partial charge is 0.466 e. The van der Waals surface area contributed by atoms with Crippen molar-refractivity contribution in [3.8, 4) is 0 Å². The molecule has 4 rings (SSSR count). The van der Waals surface area contributed by atoms with Gasteiger partial charge in [0, 0.05) is 23.9 Å². The third-order valence-electron chi connectivity index (χ3n) is 6.20. The van der Waals surface area contributed by atoms with E-state index in [1.807, 2.05) is 4.57 Å². The molecule has 2 aliphatic rings. The van der Waals surface area contributed by atoms with Crippen molar-refractivity contribution < 1.29 is 14.3 Å². The molecular formula is C23H31N3O4S2. The summed E-state index contributed by atoms with van der Waals surface area (Å²) in [6.45, 7) is 2.58. The molecule has 2 heterocycles. The molecule has 2 aromatic rings. The number of aryl methyl sites for hydroxylation is 2. The Morgan fingerprint density at radius 2 is 2.00 bits per heavy atom. The predicted molar refractivity (Wildman–Crippen MR) is 128 cm³/mol. The van der Waals surface area contributed by atoms with Crippen molar-refractivity contribution in [2.45, 2.75) is 82.3 Å². The van der Waals surface area contributed by atoms with E-state index in [1.54, 1.807) is 18.3 Å². The maximum Gasteiger partial charge on any atom is 0.305 e. The van der Waals surface area contributed by atoms with Gasteiger partial charge in [-0.1, -0.05) is 24.6 Å². The van der Waals surface area contributed by atoms with Crippen LogP contribution in [0.5, 0.6) is 0 Å². The van der Waals surface area contributed by atoms with Crippen molar-refractivity contribution in [3.05, 3.63) is 20.8 Å². The summed E-state index contributed by atoms with van der Waals surface area (Å²) < 4.78 is 6.78. The molecule has 174 valence electrons. The number of fused-ring (bicyclic) bond motifs is 3. The lowest BCUT2D eigenvalue weighted by Gasteiger charge is -2.18. The van der Waals surface area contributed by atoms with Gasteiger partial charge in [-0.3, -0.25) is 19.0 Å². The van der Waals surface area contributed by atoms with Crippen LogP contribution in [0.1, 0.15) is 74.8 Å². The number of aromatic nitrogens is 2. The average Bonchev–Trinajstić information content (AvgIpc) is 3.43. The van der Waals surface area contributed by atoms with Gasteiger partial charge in [0.15, 0.2) is 5.16 Å². The minimum atomic E-state index is -0.243.